The third kappa shape index (κ3) is 4.98. The molecule has 0 aliphatic carbocycles. The number of carbonyl (C=O) groups is 1. The van der Waals surface area contributed by atoms with Crippen molar-refractivity contribution >= 4 is 15.9 Å². The van der Waals surface area contributed by atoms with Gasteiger partial charge in [-0.1, -0.05) is 17.3 Å². The minimum atomic E-state index is -4.78. The molecule has 0 radical (unpaired) electrons. The Morgan fingerprint density at radius 2 is 1.93 bits per heavy atom. The SMILES string of the molecule is Cc1noc(CCNC(=O)C2CCN(S(=O)(=O)c3ccccc3C(F)(F)F)CC2)n1. The Bertz CT molecular complexity index is 999. The highest BCUT2D eigenvalue weighted by Crippen LogP contribution is 2.36. The van der Waals surface area contributed by atoms with Crippen molar-refractivity contribution in [2.24, 2.45) is 5.92 Å². The number of hydrogen-bond acceptors (Lipinski definition) is 6. The highest BCUT2D eigenvalue weighted by molar-refractivity contribution is 7.89. The molecule has 1 saturated heterocycles. The summed E-state index contributed by atoms with van der Waals surface area (Å²) in [6.45, 7) is 1.91. The van der Waals surface area contributed by atoms with Gasteiger partial charge in [0, 0.05) is 32.0 Å². The summed E-state index contributed by atoms with van der Waals surface area (Å²) in [7, 11) is -4.32. The zero-order valence-corrected chi connectivity index (χ0v) is 17.0. The van der Waals surface area contributed by atoms with Crippen LogP contribution < -0.4 is 5.32 Å². The molecule has 1 aromatic carbocycles. The highest BCUT2D eigenvalue weighted by Gasteiger charge is 2.40. The number of nitrogens with one attached hydrogen (secondary N) is 1. The van der Waals surface area contributed by atoms with E-state index in [-0.39, 0.29) is 38.4 Å². The third-order valence-electron chi connectivity index (χ3n) is 4.84. The van der Waals surface area contributed by atoms with Crippen molar-refractivity contribution in [3.05, 3.63) is 41.5 Å². The van der Waals surface area contributed by atoms with Crippen LogP contribution in [0.2, 0.25) is 0 Å². The molecule has 0 unspecified atom stereocenters. The molecule has 1 aliphatic heterocycles. The second kappa shape index (κ2) is 8.72. The van der Waals surface area contributed by atoms with Crippen LogP contribution in [0.3, 0.4) is 0 Å². The summed E-state index contributed by atoms with van der Waals surface area (Å²) in [6.07, 6.45) is -3.97. The zero-order valence-electron chi connectivity index (χ0n) is 16.1. The average Bonchev–Trinajstić information content (AvgIpc) is 3.12. The number of amides is 1. The zero-order chi connectivity index (χ0) is 21.9. The fraction of sp³-hybridized carbons (Fsp3) is 0.500. The van der Waals surface area contributed by atoms with Crippen molar-refractivity contribution in [3.8, 4) is 0 Å². The van der Waals surface area contributed by atoms with E-state index in [1.165, 1.54) is 6.07 Å². The lowest BCUT2D eigenvalue weighted by molar-refractivity contribution is -0.139. The molecule has 164 valence electrons. The van der Waals surface area contributed by atoms with Crippen molar-refractivity contribution < 1.29 is 30.9 Å². The summed E-state index contributed by atoms with van der Waals surface area (Å²) in [5.74, 6) is 0.242. The maximum atomic E-state index is 13.2. The van der Waals surface area contributed by atoms with Crippen molar-refractivity contribution in [2.75, 3.05) is 19.6 Å². The minimum absolute atomic E-state index is 0.0323. The molecule has 0 saturated carbocycles. The minimum Gasteiger partial charge on any atom is -0.355 e. The first-order valence-electron chi connectivity index (χ1n) is 9.32. The van der Waals surface area contributed by atoms with Crippen LogP contribution in [0.25, 0.3) is 0 Å². The maximum Gasteiger partial charge on any atom is 0.417 e. The number of sulfonamides is 1. The van der Waals surface area contributed by atoms with E-state index in [2.05, 4.69) is 15.5 Å². The number of alkyl halides is 3. The highest BCUT2D eigenvalue weighted by atomic mass is 32.2. The molecule has 1 amide bonds. The summed E-state index contributed by atoms with van der Waals surface area (Å²) < 4.78 is 71.1. The van der Waals surface area contributed by atoms with Crippen LogP contribution in [-0.2, 0) is 27.4 Å². The number of aromatic nitrogens is 2. The van der Waals surface area contributed by atoms with Crippen molar-refractivity contribution in [1.82, 2.24) is 19.8 Å². The fourth-order valence-electron chi connectivity index (χ4n) is 3.30. The van der Waals surface area contributed by atoms with E-state index in [9.17, 15) is 26.4 Å². The van der Waals surface area contributed by atoms with Crippen LogP contribution in [0, 0.1) is 12.8 Å². The number of benzene rings is 1. The van der Waals surface area contributed by atoms with Crippen molar-refractivity contribution in [2.45, 2.75) is 37.3 Å². The van der Waals surface area contributed by atoms with E-state index in [4.69, 9.17) is 4.52 Å². The summed E-state index contributed by atoms with van der Waals surface area (Å²) in [6, 6.07) is 4.11. The van der Waals surface area contributed by atoms with Gasteiger partial charge in [-0.3, -0.25) is 4.79 Å². The second-order valence-corrected chi connectivity index (χ2v) is 8.85. The molecule has 2 aromatic rings. The van der Waals surface area contributed by atoms with Gasteiger partial charge in [-0.2, -0.15) is 22.5 Å². The van der Waals surface area contributed by atoms with Crippen molar-refractivity contribution in [3.63, 3.8) is 0 Å². The van der Waals surface area contributed by atoms with Gasteiger partial charge in [0.2, 0.25) is 21.8 Å². The Balaban J connectivity index is 1.58. The van der Waals surface area contributed by atoms with E-state index in [0.29, 0.717) is 18.1 Å². The summed E-state index contributed by atoms with van der Waals surface area (Å²) in [5.41, 5.74) is -1.19. The lowest BCUT2D eigenvalue weighted by Crippen LogP contribution is -2.43. The van der Waals surface area contributed by atoms with Gasteiger partial charge < -0.3 is 9.84 Å². The lowest BCUT2D eigenvalue weighted by atomic mass is 9.97. The molecule has 1 fully saturated rings. The largest absolute Gasteiger partial charge is 0.417 e. The monoisotopic (exact) mass is 446 g/mol. The Morgan fingerprint density at radius 1 is 1.27 bits per heavy atom. The van der Waals surface area contributed by atoms with Crippen LogP contribution in [0.1, 0.15) is 30.1 Å². The molecule has 0 atom stereocenters. The Morgan fingerprint density at radius 3 is 2.53 bits per heavy atom. The van der Waals surface area contributed by atoms with Gasteiger partial charge in [-0.05, 0) is 31.9 Å². The predicted octanol–water partition coefficient (Wildman–Crippen LogP) is 2.16. The molecule has 30 heavy (non-hydrogen) atoms. The molecule has 1 N–H and O–H groups in total. The van der Waals surface area contributed by atoms with Crippen molar-refractivity contribution in [1.29, 1.82) is 0 Å². The van der Waals surface area contributed by atoms with E-state index in [0.717, 1.165) is 22.5 Å². The molecule has 1 aliphatic rings. The van der Waals surface area contributed by atoms with E-state index >= 15 is 0 Å². The number of aryl methyl sites for hydroxylation is 1. The molecule has 12 heteroatoms. The number of piperidine rings is 1. The number of halogens is 3. The first kappa shape index (κ1) is 22.2. The molecule has 0 bridgehead atoms. The van der Waals surface area contributed by atoms with Crippen LogP contribution in [-0.4, -0.2) is 48.4 Å². The average molecular weight is 446 g/mol. The smallest absolute Gasteiger partial charge is 0.355 e. The molecule has 3 rings (SSSR count). The summed E-state index contributed by atoms with van der Waals surface area (Å²) in [5, 5.41) is 6.39. The van der Waals surface area contributed by atoms with Gasteiger partial charge in [0.15, 0.2) is 5.82 Å². The molecule has 8 nitrogen and oxygen atoms in total. The van der Waals surface area contributed by atoms with Gasteiger partial charge in [0.1, 0.15) is 0 Å². The topological polar surface area (TPSA) is 105 Å². The van der Waals surface area contributed by atoms with Gasteiger partial charge in [0.25, 0.3) is 0 Å². The third-order valence-corrected chi connectivity index (χ3v) is 6.80. The standard InChI is InChI=1S/C18H21F3N4O4S/c1-12-23-16(29-24-12)6-9-22-17(26)13-7-10-25(11-8-13)30(27,28)15-5-3-2-4-14(15)18(19,20)21/h2-5,13H,6-11H2,1H3,(H,22,26). The molecular formula is C18H21F3N4O4S. The summed E-state index contributed by atoms with van der Waals surface area (Å²) in [4.78, 5) is 15.6. The molecule has 0 spiro atoms. The number of rotatable bonds is 6. The number of hydrogen-bond donors (Lipinski definition) is 1. The number of nitrogens with zero attached hydrogens (tertiary/aromatic N) is 3. The van der Waals surface area contributed by atoms with E-state index in [1.807, 2.05) is 0 Å². The fourth-order valence-corrected chi connectivity index (χ4v) is 4.98. The van der Waals surface area contributed by atoms with E-state index in [1.54, 1.807) is 6.92 Å². The Hall–Kier alpha value is -2.47. The van der Waals surface area contributed by atoms with Gasteiger partial charge >= 0.3 is 6.18 Å². The Kier molecular flexibility index (Phi) is 6.46. The molecular weight excluding hydrogens is 425 g/mol. The molecule has 1 aromatic heterocycles. The van der Waals surface area contributed by atoms with Gasteiger partial charge in [0.05, 0.1) is 10.5 Å². The van der Waals surface area contributed by atoms with E-state index < -0.39 is 32.6 Å². The lowest BCUT2D eigenvalue weighted by Gasteiger charge is -2.31. The van der Waals surface area contributed by atoms with Crippen LogP contribution in [0.15, 0.2) is 33.7 Å². The van der Waals surface area contributed by atoms with Gasteiger partial charge in [-0.15, -0.1) is 0 Å². The Labute approximate surface area is 171 Å². The van der Waals surface area contributed by atoms with Gasteiger partial charge in [-0.25, -0.2) is 8.42 Å². The normalized spacial score (nSPS) is 16.5. The molecule has 2 heterocycles. The second-order valence-electron chi connectivity index (χ2n) is 6.95. The predicted molar refractivity (Wildman–Crippen MR) is 98.7 cm³/mol. The summed E-state index contributed by atoms with van der Waals surface area (Å²) >= 11 is 0. The maximum absolute atomic E-state index is 13.2. The number of carbonyl (C=O) groups excluding carboxylic acids is 1. The van der Waals surface area contributed by atoms with Crippen LogP contribution in [0.4, 0.5) is 13.2 Å². The first-order chi connectivity index (χ1) is 14.1. The van der Waals surface area contributed by atoms with Crippen LogP contribution >= 0.6 is 0 Å². The quantitative estimate of drug-likeness (QED) is 0.729. The first-order valence-corrected chi connectivity index (χ1v) is 10.8. The van der Waals surface area contributed by atoms with Crippen LogP contribution in [0.5, 0.6) is 0 Å².